The number of ether oxygens (including phenoxy) is 3. The molecule has 0 aliphatic carbocycles. The number of hydrogen-bond donors (Lipinski definition) is 0. The molecule has 60 heavy (non-hydrogen) atoms. The van der Waals surface area contributed by atoms with Gasteiger partial charge in [-0.3, -0.25) is 14.4 Å². The number of allylic oxidation sites excluding steroid dienone is 10. The molecule has 0 aliphatic rings. The van der Waals surface area contributed by atoms with E-state index >= 15 is 0 Å². The maximum absolute atomic E-state index is 12.7. The Morgan fingerprint density at radius 1 is 0.333 bits per heavy atom. The van der Waals surface area contributed by atoms with Crippen molar-refractivity contribution in [3.8, 4) is 0 Å². The van der Waals surface area contributed by atoms with Crippen LogP contribution in [0.15, 0.2) is 60.8 Å². The number of carbonyl (C=O) groups excluding carboxylic acids is 3. The maximum atomic E-state index is 12.7. The van der Waals surface area contributed by atoms with Crippen LogP contribution in [-0.4, -0.2) is 37.2 Å². The Bertz CT molecular complexity index is 1100. The number of esters is 3. The van der Waals surface area contributed by atoms with Crippen LogP contribution in [0.5, 0.6) is 0 Å². The molecule has 0 radical (unpaired) electrons. The van der Waals surface area contributed by atoms with Crippen molar-refractivity contribution >= 4 is 17.9 Å². The lowest BCUT2D eigenvalue weighted by Gasteiger charge is -2.18. The first-order valence-electron chi connectivity index (χ1n) is 25.3. The number of unbranched alkanes of at least 4 members (excludes halogenated alkanes) is 24. The highest BCUT2D eigenvalue weighted by molar-refractivity contribution is 5.71. The van der Waals surface area contributed by atoms with Gasteiger partial charge in [-0.05, 0) is 83.5 Å². The first-order valence-corrected chi connectivity index (χ1v) is 25.3. The quantitative estimate of drug-likeness (QED) is 0.0263. The van der Waals surface area contributed by atoms with Crippen LogP contribution in [0.3, 0.4) is 0 Å². The predicted molar refractivity (Wildman–Crippen MR) is 256 cm³/mol. The summed E-state index contributed by atoms with van der Waals surface area (Å²) in [5.74, 6) is -1.06. The zero-order chi connectivity index (χ0) is 43.7. The van der Waals surface area contributed by atoms with Gasteiger partial charge in [0, 0.05) is 19.3 Å². The zero-order valence-corrected chi connectivity index (χ0v) is 39.5. The highest BCUT2D eigenvalue weighted by Gasteiger charge is 2.19. The number of carbonyl (C=O) groups is 3. The third-order valence-corrected chi connectivity index (χ3v) is 10.7. The summed E-state index contributed by atoms with van der Waals surface area (Å²) in [6.07, 6.45) is 59.4. The highest BCUT2D eigenvalue weighted by atomic mass is 16.6. The Labute approximate surface area is 370 Å². The Morgan fingerprint density at radius 3 is 1.03 bits per heavy atom. The standard InChI is InChI=1S/C54H94O6/c1-4-7-10-13-16-19-22-25-26-27-30-32-35-38-41-44-47-53(56)59-50-51(60-54(57)48-45-42-39-36-33-29-24-21-18-15-12-9-6-3)49-58-52(55)46-43-40-37-34-31-28-23-20-17-14-11-8-5-2/h26-29,31,33,37,39-40,42,51H,4-25,30,32,34-36,38,41,43-50H2,1-3H3/b27-26+,31-28+,33-29+,40-37+,42-39+. The molecule has 0 rings (SSSR count). The molecular formula is C54H94O6. The van der Waals surface area contributed by atoms with E-state index in [1.54, 1.807) is 0 Å². The van der Waals surface area contributed by atoms with Crippen LogP contribution in [0.4, 0.5) is 0 Å². The van der Waals surface area contributed by atoms with Crippen LogP contribution in [0.25, 0.3) is 0 Å². The Morgan fingerprint density at radius 2 is 0.633 bits per heavy atom. The van der Waals surface area contributed by atoms with Crippen molar-refractivity contribution in [1.29, 1.82) is 0 Å². The lowest BCUT2D eigenvalue weighted by Crippen LogP contribution is -2.30. The Kier molecular flexibility index (Phi) is 46.4. The molecule has 0 aromatic carbocycles. The van der Waals surface area contributed by atoms with Crippen LogP contribution in [0.2, 0.25) is 0 Å². The van der Waals surface area contributed by atoms with Gasteiger partial charge in [-0.1, -0.05) is 204 Å². The smallest absolute Gasteiger partial charge is 0.306 e. The fourth-order valence-corrected chi connectivity index (χ4v) is 6.89. The first kappa shape index (κ1) is 57.1. The lowest BCUT2D eigenvalue weighted by molar-refractivity contribution is -0.166. The monoisotopic (exact) mass is 839 g/mol. The summed E-state index contributed by atoms with van der Waals surface area (Å²) in [7, 11) is 0. The van der Waals surface area contributed by atoms with Crippen molar-refractivity contribution in [3.63, 3.8) is 0 Å². The molecule has 0 spiro atoms. The van der Waals surface area contributed by atoms with Gasteiger partial charge in [-0.25, -0.2) is 0 Å². The van der Waals surface area contributed by atoms with Crippen LogP contribution < -0.4 is 0 Å². The van der Waals surface area contributed by atoms with Gasteiger partial charge in [-0.2, -0.15) is 0 Å². The van der Waals surface area contributed by atoms with Crippen molar-refractivity contribution < 1.29 is 28.6 Å². The topological polar surface area (TPSA) is 78.9 Å². The number of rotatable bonds is 45. The Balaban J connectivity index is 4.50. The average Bonchev–Trinajstić information content (AvgIpc) is 3.24. The van der Waals surface area contributed by atoms with Gasteiger partial charge in [-0.15, -0.1) is 0 Å². The summed E-state index contributed by atoms with van der Waals surface area (Å²) in [6.45, 7) is 6.51. The second kappa shape index (κ2) is 48.8. The molecule has 0 saturated carbocycles. The summed E-state index contributed by atoms with van der Waals surface area (Å²) < 4.78 is 16.6. The summed E-state index contributed by atoms with van der Waals surface area (Å²) in [4.78, 5) is 37.8. The van der Waals surface area contributed by atoms with E-state index in [0.29, 0.717) is 19.3 Å². The molecule has 6 nitrogen and oxygen atoms in total. The van der Waals surface area contributed by atoms with Gasteiger partial charge in [0.25, 0.3) is 0 Å². The largest absolute Gasteiger partial charge is 0.462 e. The van der Waals surface area contributed by atoms with Crippen molar-refractivity contribution in [2.45, 2.75) is 252 Å². The van der Waals surface area contributed by atoms with E-state index in [1.165, 1.54) is 135 Å². The van der Waals surface area contributed by atoms with Gasteiger partial charge >= 0.3 is 17.9 Å². The van der Waals surface area contributed by atoms with E-state index in [2.05, 4.69) is 69.4 Å². The second-order valence-corrected chi connectivity index (χ2v) is 16.7. The molecule has 0 amide bonds. The second-order valence-electron chi connectivity index (χ2n) is 16.7. The van der Waals surface area contributed by atoms with Crippen LogP contribution in [0.1, 0.15) is 245 Å². The summed E-state index contributed by atoms with van der Waals surface area (Å²) in [5, 5.41) is 0. The molecule has 0 saturated heterocycles. The molecule has 0 aromatic heterocycles. The SMILES string of the molecule is CCCCCCCC/C=C/C/C=C/CCC(=O)OCC(COC(=O)CCCCCCC/C=C/CCCCCCCCC)OC(=O)CC/C=C/C/C=C/CCCCCCCC. The van der Waals surface area contributed by atoms with Gasteiger partial charge in [0.15, 0.2) is 6.10 Å². The third kappa shape index (κ3) is 46.2. The van der Waals surface area contributed by atoms with Gasteiger partial charge in [0.2, 0.25) is 0 Å². The zero-order valence-electron chi connectivity index (χ0n) is 39.5. The normalized spacial score (nSPS) is 12.5. The van der Waals surface area contributed by atoms with Gasteiger partial charge < -0.3 is 14.2 Å². The minimum Gasteiger partial charge on any atom is -0.462 e. The molecule has 0 N–H and O–H groups in total. The van der Waals surface area contributed by atoms with Crippen molar-refractivity contribution in [3.05, 3.63) is 60.8 Å². The minimum absolute atomic E-state index is 0.118. The van der Waals surface area contributed by atoms with Crippen LogP contribution >= 0.6 is 0 Å². The van der Waals surface area contributed by atoms with Crippen molar-refractivity contribution in [2.24, 2.45) is 0 Å². The van der Waals surface area contributed by atoms with E-state index in [1.807, 2.05) is 12.2 Å². The van der Waals surface area contributed by atoms with Gasteiger partial charge in [0.05, 0.1) is 0 Å². The molecule has 0 aromatic rings. The first-order chi connectivity index (χ1) is 29.5. The van der Waals surface area contributed by atoms with E-state index in [0.717, 1.165) is 57.8 Å². The molecular weight excluding hydrogens is 745 g/mol. The molecule has 0 bridgehead atoms. The van der Waals surface area contributed by atoms with Crippen LogP contribution in [-0.2, 0) is 28.6 Å². The molecule has 6 heteroatoms. The Hall–Kier alpha value is -2.89. The molecule has 0 fully saturated rings. The van der Waals surface area contributed by atoms with E-state index in [-0.39, 0.29) is 38.0 Å². The van der Waals surface area contributed by atoms with E-state index in [4.69, 9.17) is 14.2 Å². The lowest BCUT2D eigenvalue weighted by atomic mass is 10.1. The fraction of sp³-hybridized carbons (Fsp3) is 0.759. The molecule has 0 aliphatic heterocycles. The van der Waals surface area contributed by atoms with E-state index < -0.39 is 12.1 Å². The summed E-state index contributed by atoms with van der Waals surface area (Å²) in [5.41, 5.74) is 0. The average molecular weight is 839 g/mol. The molecule has 1 unspecified atom stereocenters. The highest BCUT2D eigenvalue weighted by Crippen LogP contribution is 2.13. The molecule has 1 atom stereocenters. The summed E-state index contributed by atoms with van der Waals surface area (Å²) >= 11 is 0. The van der Waals surface area contributed by atoms with Crippen LogP contribution in [0, 0.1) is 0 Å². The van der Waals surface area contributed by atoms with Gasteiger partial charge in [0.1, 0.15) is 13.2 Å². The fourth-order valence-electron chi connectivity index (χ4n) is 6.89. The molecule has 346 valence electrons. The van der Waals surface area contributed by atoms with Crippen molar-refractivity contribution in [1.82, 2.24) is 0 Å². The minimum atomic E-state index is -0.828. The molecule has 0 heterocycles. The summed E-state index contributed by atoms with van der Waals surface area (Å²) in [6, 6.07) is 0. The van der Waals surface area contributed by atoms with Crippen molar-refractivity contribution in [2.75, 3.05) is 13.2 Å². The number of hydrogen-bond acceptors (Lipinski definition) is 6. The predicted octanol–water partition coefficient (Wildman–Crippen LogP) is 16.5. The third-order valence-electron chi connectivity index (χ3n) is 10.7. The van der Waals surface area contributed by atoms with E-state index in [9.17, 15) is 14.4 Å². The maximum Gasteiger partial charge on any atom is 0.306 e.